The summed E-state index contributed by atoms with van der Waals surface area (Å²) in [7, 11) is 0. The smallest absolute Gasteiger partial charge is 0.243 e. The van der Waals surface area contributed by atoms with Crippen LogP contribution in [0.1, 0.15) is 63.7 Å². The first kappa shape index (κ1) is 24.7. The highest BCUT2D eigenvalue weighted by Gasteiger charge is 2.41. The Balaban J connectivity index is 1.29. The Kier molecular flexibility index (Phi) is 7.22. The van der Waals surface area contributed by atoms with E-state index in [2.05, 4.69) is 20.6 Å². The third kappa shape index (κ3) is 5.38. The van der Waals surface area contributed by atoms with E-state index in [1.165, 1.54) is 6.07 Å². The lowest BCUT2D eigenvalue weighted by molar-refractivity contribution is -0.138. The number of aromatic amines is 1. The molecule has 2 aromatic rings. The fourth-order valence-corrected chi connectivity index (χ4v) is 5.43. The summed E-state index contributed by atoms with van der Waals surface area (Å²) in [5, 5.41) is 5.71. The van der Waals surface area contributed by atoms with Crippen molar-refractivity contribution >= 4 is 28.8 Å². The van der Waals surface area contributed by atoms with Crippen LogP contribution in [-0.2, 0) is 19.1 Å². The molecule has 1 unspecified atom stereocenters. The van der Waals surface area contributed by atoms with E-state index in [0.717, 1.165) is 25.7 Å². The van der Waals surface area contributed by atoms with Crippen molar-refractivity contribution in [2.45, 2.75) is 70.0 Å². The SMILES string of the molecule is C[C@H](NC(=O)[C@H](CC(=O)N1CCCC1C1CC1)NC(=O)C1CCOCC1)c1nc2c(F)cccc2[nH]1. The molecular weight excluding hydrogens is 465 g/mol. The first-order valence-corrected chi connectivity index (χ1v) is 13.0. The molecule has 3 heterocycles. The van der Waals surface area contributed by atoms with Crippen molar-refractivity contribution in [1.82, 2.24) is 25.5 Å². The summed E-state index contributed by atoms with van der Waals surface area (Å²) >= 11 is 0. The van der Waals surface area contributed by atoms with Gasteiger partial charge in [0, 0.05) is 31.7 Å². The standard InChI is InChI=1S/C26H34FN5O4/c1-15(24-29-19-5-2-4-18(27)23(19)31-24)28-26(35)20(30-25(34)17-9-12-36-13-10-17)14-22(33)32-11-3-6-21(32)16-7-8-16/h2,4-5,15-17,20-21H,3,6-14H2,1H3,(H,28,35)(H,29,31)(H,30,34)/t15-,20-,21?/m0/s1. The third-order valence-electron chi connectivity index (χ3n) is 7.64. The first-order chi connectivity index (χ1) is 17.4. The van der Waals surface area contributed by atoms with Gasteiger partial charge in [-0.1, -0.05) is 6.07 Å². The lowest BCUT2D eigenvalue weighted by Crippen LogP contribution is -2.52. The Morgan fingerprint density at radius 3 is 2.67 bits per heavy atom. The summed E-state index contributed by atoms with van der Waals surface area (Å²) in [6, 6.07) is 3.30. The van der Waals surface area contributed by atoms with Gasteiger partial charge in [-0.2, -0.15) is 0 Å². The minimum atomic E-state index is -1.00. The Labute approximate surface area is 209 Å². The van der Waals surface area contributed by atoms with Crippen molar-refractivity contribution in [3.8, 4) is 0 Å². The minimum Gasteiger partial charge on any atom is -0.381 e. The number of hydrogen-bond donors (Lipinski definition) is 3. The van der Waals surface area contributed by atoms with Crippen LogP contribution in [0.2, 0.25) is 0 Å². The number of ether oxygens (including phenoxy) is 1. The molecule has 0 radical (unpaired) electrons. The van der Waals surface area contributed by atoms with Gasteiger partial charge in [0.1, 0.15) is 17.4 Å². The topological polar surface area (TPSA) is 116 Å². The quantitative estimate of drug-likeness (QED) is 0.516. The van der Waals surface area contributed by atoms with E-state index < -0.39 is 23.8 Å². The second-order valence-corrected chi connectivity index (χ2v) is 10.3. The number of carbonyl (C=O) groups is 3. The number of halogens is 1. The van der Waals surface area contributed by atoms with Gasteiger partial charge < -0.3 is 25.3 Å². The second-order valence-electron chi connectivity index (χ2n) is 10.3. The highest BCUT2D eigenvalue weighted by Crippen LogP contribution is 2.40. The van der Waals surface area contributed by atoms with E-state index in [0.29, 0.717) is 49.9 Å². The third-order valence-corrected chi connectivity index (χ3v) is 7.64. The van der Waals surface area contributed by atoms with Crippen molar-refractivity contribution in [3.63, 3.8) is 0 Å². The van der Waals surface area contributed by atoms with E-state index >= 15 is 0 Å². The number of nitrogens with zero attached hydrogens (tertiary/aromatic N) is 2. The number of hydrogen-bond acceptors (Lipinski definition) is 5. The van der Waals surface area contributed by atoms with Gasteiger partial charge in [0.05, 0.1) is 18.0 Å². The molecule has 9 nitrogen and oxygen atoms in total. The van der Waals surface area contributed by atoms with Gasteiger partial charge in [-0.05, 0) is 63.5 Å². The van der Waals surface area contributed by atoms with E-state index in [1.54, 1.807) is 19.1 Å². The van der Waals surface area contributed by atoms with Gasteiger partial charge in [0.2, 0.25) is 17.7 Å². The highest BCUT2D eigenvalue weighted by molar-refractivity contribution is 5.93. The molecule has 3 aliphatic rings. The molecule has 194 valence electrons. The highest BCUT2D eigenvalue weighted by atomic mass is 19.1. The number of likely N-dealkylation sites (tertiary alicyclic amines) is 1. The summed E-state index contributed by atoms with van der Waals surface area (Å²) in [5.74, 6) is -0.520. The van der Waals surface area contributed by atoms with Crippen LogP contribution in [0.5, 0.6) is 0 Å². The number of fused-ring (bicyclic) bond motifs is 1. The molecule has 2 saturated heterocycles. The van der Waals surface area contributed by atoms with Crippen LogP contribution >= 0.6 is 0 Å². The van der Waals surface area contributed by atoms with Gasteiger partial charge in [-0.15, -0.1) is 0 Å². The fraction of sp³-hybridized carbons (Fsp3) is 0.615. The number of rotatable bonds is 8. The Bertz CT molecular complexity index is 1130. The molecule has 3 N–H and O–H groups in total. The molecule has 1 aromatic heterocycles. The van der Waals surface area contributed by atoms with Gasteiger partial charge in [-0.3, -0.25) is 14.4 Å². The maximum atomic E-state index is 14.1. The molecular formula is C26H34FN5O4. The van der Waals surface area contributed by atoms with E-state index in [9.17, 15) is 18.8 Å². The molecule has 10 heteroatoms. The summed E-state index contributed by atoms with van der Waals surface area (Å²) in [5.41, 5.74) is 0.735. The molecule has 1 aliphatic carbocycles. The molecule has 1 aromatic carbocycles. The molecule has 2 aliphatic heterocycles. The molecule has 5 rings (SSSR count). The van der Waals surface area contributed by atoms with Crippen LogP contribution in [0.15, 0.2) is 18.2 Å². The predicted molar refractivity (Wildman–Crippen MR) is 130 cm³/mol. The number of aromatic nitrogens is 2. The zero-order chi connectivity index (χ0) is 25.2. The van der Waals surface area contributed by atoms with Crippen LogP contribution in [0, 0.1) is 17.7 Å². The molecule has 36 heavy (non-hydrogen) atoms. The average molecular weight is 500 g/mol. The largest absolute Gasteiger partial charge is 0.381 e. The summed E-state index contributed by atoms with van der Waals surface area (Å²) in [6.45, 7) is 3.44. The monoisotopic (exact) mass is 499 g/mol. The second kappa shape index (κ2) is 10.5. The molecule has 0 bridgehead atoms. The van der Waals surface area contributed by atoms with E-state index in [-0.39, 0.29) is 35.7 Å². The number of nitrogens with one attached hydrogen (secondary N) is 3. The lowest BCUT2D eigenvalue weighted by Gasteiger charge is -2.29. The summed E-state index contributed by atoms with van der Waals surface area (Å²) in [6.07, 6.45) is 5.35. The lowest BCUT2D eigenvalue weighted by atomic mass is 9.98. The van der Waals surface area contributed by atoms with E-state index in [4.69, 9.17) is 4.74 Å². The van der Waals surface area contributed by atoms with Crippen LogP contribution in [0.25, 0.3) is 11.0 Å². The first-order valence-electron chi connectivity index (χ1n) is 13.0. The number of carbonyl (C=O) groups excluding carboxylic acids is 3. The zero-order valence-electron chi connectivity index (χ0n) is 20.6. The normalized spacial score (nSPS) is 22.4. The maximum Gasteiger partial charge on any atom is 0.243 e. The number of H-pyrrole nitrogens is 1. The summed E-state index contributed by atoms with van der Waals surface area (Å²) < 4.78 is 19.4. The number of para-hydroxylation sites is 1. The fourth-order valence-electron chi connectivity index (χ4n) is 5.43. The Morgan fingerprint density at radius 1 is 1.17 bits per heavy atom. The van der Waals surface area contributed by atoms with Crippen molar-refractivity contribution in [3.05, 3.63) is 29.8 Å². The van der Waals surface area contributed by atoms with Crippen molar-refractivity contribution < 1.29 is 23.5 Å². The van der Waals surface area contributed by atoms with Gasteiger partial charge in [0.15, 0.2) is 5.82 Å². The van der Waals surface area contributed by atoms with Crippen LogP contribution in [0.3, 0.4) is 0 Å². The van der Waals surface area contributed by atoms with Gasteiger partial charge >= 0.3 is 0 Å². The van der Waals surface area contributed by atoms with Crippen LogP contribution < -0.4 is 10.6 Å². The molecule has 3 atom stereocenters. The summed E-state index contributed by atoms with van der Waals surface area (Å²) in [4.78, 5) is 48.9. The van der Waals surface area contributed by atoms with Crippen LogP contribution in [-0.4, -0.2) is 64.4 Å². The Hall–Kier alpha value is -3.01. The van der Waals surface area contributed by atoms with Crippen LogP contribution in [0.4, 0.5) is 4.39 Å². The zero-order valence-corrected chi connectivity index (χ0v) is 20.6. The average Bonchev–Trinajstić information content (AvgIpc) is 3.42. The number of amides is 3. The predicted octanol–water partition coefficient (Wildman–Crippen LogP) is 2.58. The van der Waals surface area contributed by atoms with Gasteiger partial charge in [-0.25, -0.2) is 9.37 Å². The molecule has 3 amide bonds. The molecule has 3 fully saturated rings. The van der Waals surface area contributed by atoms with Gasteiger partial charge in [0.25, 0.3) is 0 Å². The number of benzene rings is 1. The van der Waals surface area contributed by atoms with E-state index in [1.807, 2.05) is 4.90 Å². The molecule has 1 saturated carbocycles. The van der Waals surface area contributed by atoms with Crippen molar-refractivity contribution in [2.24, 2.45) is 11.8 Å². The minimum absolute atomic E-state index is 0.0918. The van der Waals surface area contributed by atoms with Crippen molar-refractivity contribution in [2.75, 3.05) is 19.8 Å². The molecule has 0 spiro atoms. The van der Waals surface area contributed by atoms with Crippen molar-refractivity contribution in [1.29, 1.82) is 0 Å². The number of imidazole rings is 1. The Morgan fingerprint density at radius 2 is 1.94 bits per heavy atom. The maximum absolute atomic E-state index is 14.1.